The summed E-state index contributed by atoms with van der Waals surface area (Å²) in [6.07, 6.45) is 23.1. The summed E-state index contributed by atoms with van der Waals surface area (Å²) in [5.41, 5.74) is 3.30. The van der Waals surface area contributed by atoms with Crippen LogP contribution in [0.4, 0.5) is 0 Å². The molecule has 96 heavy (non-hydrogen) atoms. The van der Waals surface area contributed by atoms with Crippen LogP contribution in [-0.2, 0) is 82.7 Å². The lowest BCUT2D eigenvalue weighted by Crippen LogP contribution is -3.00. The number of halogens is 2. The normalized spacial score (nSPS) is 38.3. The number of carbonyl (C=O) groups is 6. The average molecular weight is 1460 g/mol. The Labute approximate surface area is 581 Å². The molecule has 4 aliphatic heterocycles. The van der Waals surface area contributed by atoms with Gasteiger partial charge in [-0.2, -0.15) is 4.57 Å². The third-order valence-corrected chi connectivity index (χ3v) is 21.7. The minimum absolute atomic E-state index is 0. The van der Waals surface area contributed by atoms with Gasteiger partial charge in [-0.25, -0.2) is 24.0 Å². The number of ether oxygens (including phenoxy) is 10. The molecule has 6 aliphatic carbocycles. The fourth-order valence-corrected chi connectivity index (χ4v) is 16.5. The first-order valence-electron chi connectivity index (χ1n) is 33.2. The highest BCUT2D eigenvalue weighted by atomic mass is 79.9. The molecule has 2 aromatic heterocycles. The first-order chi connectivity index (χ1) is 45.4. The lowest BCUT2D eigenvalue weighted by molar-refractivity contribution is -0.686. The third kappa shape index (κ3) is 14.7. The highest BCUT2D eigenvalue weighted by Crippen LogP contribution is 2.63. The summed E-state index contributed by atoms with van der Waals surface area (Å²) in [6, 6.07) is 7.76. The number of allylic oxidation sites excluding steroid dienone is 6. The number of pyridine rings is 2. The van der Waals surface area contributed by atoms with E-state index in [4.69, 9.17) is 47.4 Å². The van der Waals surface area contributed by atoms with E-state index < -0.39 is 126 Å². The number of alkyl halides is 1. The van der Waals surface area contributed by atoms with E-state index in [0.717, 1.165) is 16.7 Å². The lowest BCUT2D eigenvalue weighted by Gasteiger charge is -2.49. The van der Waals surface area contributed by atoms with Crippen molar-refractivity contribution in [1.82, 2.24) is 4.98 Å². The van der Waals surface area contributed by atoms with Gasteiger partial charge in [0.25, 0.3) is 0 Å². The highest BCUT2D eigenvalue weighted by molar-refractivity contribution is 9.09. The lowest BCUT2D eigenvalue weighted by atomic mass is 9.57. The van der Waals surface area contributed by atoms with Gasteiger partial charge in [0.2, 0.25) is 6.54 Å². The molecule has 12 rings (SSSR count). The first-order valence-corrected chi connectivity index (χ1v) is 34.3. The molecular formula is C74H92Br2N2O18. The molecular weight excluding hydrogens is 1360 g/mol. The van der Waals surface area contributed by atoms with Crippen molar-refractivity contribution in [2.24, 2.45) is 59.2 Å². The molecule has 0 radical (unpaired) electrons. The summed E-state index contributed by atoms with van der Waals surface area (Å²) in [7, 11) is 2.93. The predicted octanol–water partition coefficient (Wildman–Crippen LogP) is 5.48. The molecule has 0 unspecified atom stereocenters. The molecule has 4 fully saturated rings. The van der Waals surface area contributed by atoms with E-state index >= 15 is 0 Å². The number of nitrogens with zero attached hydrogens (tertiary/aromatic N) is 2. The summed E-state index contributed by atoms with van der Waals surface area (Å²) < 4.78 is 62.6. The quantitative estimate of drug-likeness (QED) is 0.0828. The van der Waals surface area contributed by atoms with E-state index in [-0.39, 0.29) is 95.0 Å². The summed E-state index contributed by atoms with van der Waals surface area (Å²) >= 11 is 3.11. The van der Waals surface area contributed by atoms with Crippen LogP contribution in [0, 0.1) is 73.0 Å². The number of aromatic nitrogens is 2. The van der Waals surface area contributed by atoms with Crippen molar-refractivity contribution in [1.29, 1.82) is 0 Å². The number of aliphatic hydroxyl groups is 2. The van der Waals surface area contributed by atoms with Crippen LogP contribution in [0.5, 0.6) is 0 Å². The Morgan fingerprint density at radius 2 is 1.06 bits per heavy atom. The number of aliphatic hydroxyl groups excluding tert-OH is 2. The van der Waals surface area contributed by atoms with Crippen LogP contribution < -0.4 is 21.5 Å². The van der Waals surface area contributed by atoms with E-state index in [2.05, 4.69) is 33.1 Å². The monoisotopic (exact) mass is 1450 g/mol. The fraction of sp³-hybridized carbons (Fsp3) is 0.568. The van der Waals surface area contributed by atoms with E-state index in [0.29, 0.717) is 24.0 Å². The summed E-state index contributed by atoms with van der Waals surface area (Å²) in [5, 5.41) is 23.8. The molecule has 8 bridgehead atoms. The predicted molar refractivity (Wildman–Crippen MR) is 350 cm³/mol. The van der Waals surface area contributed by atoms with E-state index in [9.17, 15) is 39.0 Å². The van der Waals surface area contributed by atoms with Crippen molar-refractivity contribution in [2.45, 2.75) is 186 Å². The minimum atomic E-state index is -0.984. The van der Waals surface area contributed by atoms with Crippen LogP contribution in [0.15, 0.2) is 144 Å². The van der Waals surface area contributed by atoms with Gasteiger partial charge in [0.15, 0.2) is 24.6 Å². The number of cyclic esters (lactones) is 2. The van der Waals surface area contributed by atoms with Gasteiger partial charge in [-0.3, -0.25) is 9.78 Å². The molecule has 2 N–H and O–H groups in total. The van der Waals surface area contributed by atoms with E-state index in [1.54, 1.807) is 43.0 Å². The number of methoxy groups -OCH3 is 2. The molecule has 10 aliphatic rings. The molecule has 2 saturated heterocycles. The van der Waals surface area contributed by atoms with Gasteiger partial charge in [0.1, 0.15) is 65.4 Å². The Balaban J connectivity index is 0.000000204. The van der Waals surface area contributed by atoms with Crippen molar-refractivity contribution in [3.05, 3.63) is 155 Å². The Morgan fingerprint density at radius 3 is 1.44 bits per heavy atom. The smallest absolute Gasteiger partial charge is 0.373 e. The van der Waals surface area contributed by atoms with Crippen LogP contribution in [0.3, 0.4) is 0 Å². The Kier molecular flexibility index (Phi) is 24.1. The van der Waals surface area contributed by atoms with Crippen LogP contribution in [0.2, 0.25) is 0 Å². The van der Waals surface area contributed by atoms with Gasteiger partial charge < -0.3 is 74.6 Å². The molecule has 20 nitrogen and oxygen atoms in total. The number of rotatable bonds is 13. The topological polar surface area (TPSA) is 252 Å². The van der Waals surface area contributed by atoms with Gasteiger partial charge in [0.05, 0.1) is 12.2 Å². The highest BCUT2D eigenvalue weighted by Gasteiger charge is 2.71. The van der Waals surface area contributed by atoms with Gasteiger partial charge in [-0.1, -0.05) is 117 Å². The molecule has 22 heteroatoms. The summed E-state index contributed by atoms with van der Waals surface area (Å²) in [6.45, 7) is 19.0. The number of hydrogen-bond donors (Lipinski definition) is 2. The van der Waals surface area contributed by atoms with E-state index in [1.165, 1.54) is 19.8 Å². The molecule has 2 aromatic rings. The second-order valence-corrected chi connectivity index (χ2v) is 27.8. The molecule has 2 spiro atoms. The van der Waals surface area contributed by atoms with Gasteiger partial charge >= 0.3 is 35.8 Å². The van der Waals surface area contributed by atoms with E-state index in [1.807, 2.05) is 141 Å². The average Bonchev–Trinajstić information content (AvgIpc) is 1.53. The zero-order chi connectivity index (χ0) is 68.4. The van der Waals surface area contributed by atoms with Crippen molar-refractivity contribution in [3.63, 3.8) is 0 Å². The SMILES string of the molecule is CO[C@H]1C[C@H]2C=C[C@H]3[C@H]4O[C@]2(/C(C)=C/[C@@H](C)[C@@H]([C@@H](C)OC(=O)CBr)OC1=O)[C@@H]3[C@H](O)[C@@H](C)[C@H]4OC(=O)C1=CC=CC1.CO[C@H]1C[C@H]2C=C[C@H]3[C@H]4O[C@]2(/C(C)=C/[C@@H](C)[C@@H]([C@@H](C)OC(=O)C[n+]2ccc(C)cc2)OC1=O)[C@@H]3[C@H](O)[C@@H](C)[C@H]4OC(=O)C1=CC=CC1.Cc1ccncc1.[Br-]. The largest absolute Gasteiger partial charge is 1.00 e. The second kappa shape index (κ2) is 31.3. The molecule has 0 amide bonds. The summed E-state index contributed by atoms with van der Waals surface area (Å²) in [5.74, 6) is -6.01. The number of carbonyl (C=O) groups excluding carboxylic acids is 6. The molecule has 2 saturated carbocycles. The summed E-state index contributed by atoms with van der Waals surface area (Å²) in [4.78, 5) is 82.0. The first kappa shape index (κ1) is 74.0. The van der Waals surface area contributed by atoms with Crippen LogP contribution in [0.25, 0.3) is 0 Å². The van der Waals surface area contributed by atoms with Crippen molar-refractivity contribution in [3.8, 4) is 0 Å². The Morgan fingerprint density at radius 1 is 0.646 bits per heavy atom. The van der Waals surface area contributed by atoms with Crippen LogP contribution in [0.1, 0.15) is 92.2 Å². The Hall–Kier alpha value is -6.24. The molecule has 0 aromatic carbocycles. The fourth-order valence-electron chi connectivity index (χ4n) is 16.4. The van der Waals surface area contributed by atoms with Gasteiger partial charge in [0, 0.05) is 109 Å². The van der Waals surface area contributed by atoms with Gasteiger partial charge in [-0.05, 0) is 102 Å². The molecule has 24 atom stereocenters. The minimum Gasteiger partial charge on any atom is -1.00 e. The van der Waals surface area contributed by atoms with Crippen molar-refractivity contribution < 1.29 is 108 Å². The number of hydrogen-bond acceptors (Lipinski definition) is 19. The molecule has 6 heterocycles. The molecule has 520 valence electrons. The Bertz CT molecular complexity index is 3440. The maximum absolute atomic E-state index is 13.6. The third-order valence-electron chi connectivity index (χ3n) is 21.2. The number of aryl methyl sites for hydroxylation is 2. The zero-order valence-electron chi connectivity index (χ0n) is 56.6. The van der Waals surface area contributed by atoms with Crippen LogP contribution in [-0.4, -0.2) is 155 Å². The van der Waals surface area contributed by atoms with Crippen molar-refractivity contribution in [2.75, 3.05) is 19.5 Å². The van der Waals surface area contributed by atoms with Crippen molar-refractivity contribution >= 4 is 51.7 Å². The maximum Gasteiger partial charge on any atom is 0.373 e. The standard InChI is InChI=1S/C37H46NO9.C31H39BrO9.C6H7N.BrH/c1-20-13-15-38(16-14-20)19-29(39)44-24(5)32-21(2)17-22(3)37-26(18-28(43-6)36(42)45-32)11-12-27-30(37)31(40)23(4)33(34(27)47-37)46-35(41)25-9-7-8-10-25;1-15-12-16(2)31-20(13-22(37-5)30(36)39-26(15)18(4)38-23(33)14-32)10-11-21-24(31)25(34)17(3)27(28(21)41-31)40-29(35)19-8-6-7-9-19;1-6-2-4-7-5-3-6;/h7-9,11-17,21,23-24,26-28,30-34,40H,10,18-19H2,1-6H3;6-8,10-12,15,17-18,20-22,24-28,34H,9,13-14H2,1-5H3;2-5H,1H3;1H/q+1;;;/p-1/b22-17+;16-12+;;/t21-,23-,24-,26-,27-,28+,30+,31-,32+,33-,34-,37+;15-,17-,18-,20-,21-,22+,24+,25-,26+,27-,28-,31+;;/m11../s1. The zero-order valence-corrected chi connectivity index (χ0v) is 59.7. The number of esters is 6. The maximum atomic E-state index is 13.6. The second-order valence-electron chi connectivity index (χ2n) is 27.3. The van der Waals surface area contributed by atoms with Gasteiger partial charge in [-0.15, -0.1) is 0 Å². The van der Waals surface area contributed by atoms with Crippen LogP contribution >= 0.6 is 15.9 Å².